The molecule has 5 nitrogen and oxygen atoms in total. The van der Waals surface area contributed by atoms with Crippen LogP contribution in [0.25, 0.3) is 0 Å². The van der Waals surface area contributed by atoms with Gasteiger partial charge >= 0.3 is 6.09 Å². The molecule has 0 bridgehead atoms. The second-order valence-electron chi connectivity index (χ2n) is 6.84. The highest BCUT2D eigenvalue weighted by Gasteiger charge is 2.36. The smallest absolute Gasteiger partial charge is 0.435 e. The van der Waals surface area contributed by atoms with Crippen LogP contribution in [0.4, 0.5) is 4.79 Å². The van der Waals surface area contributed by atoms with E-state index in [-0.39, 0.29) is 0 Å². The molecule has 1 aromatic heterocycles. The number of ether oxygens (including phenoxy) is 2. The number of hydrogen-bond donors (Lipinski definition) is 0. The molecule has 1 aliphatic rings. The number of carbonyl (C=O) groups excluding carboxylic acids is 1. The van der Waals surface area contributed by atoms with Crippen molar-refractivity contribution in [1.82, 2.24) is 9.78 Å². The molecule has 0 N–H and O–H groups in total. The van der Waals surface area contributed by atoms with E-state index in [1.54, 1.807) is 12.3 Å². The summed E-state index contributed by atoms with van der Waals surface area (Å²) in [5.74, 6) is 0.469. The lowest BCUT2D eigenvalue weighted by Crippen LogP contribution is -2.27. The van der Waals surface area contributed by atoms with Crippen molar-refractivity contribution >= 4 is 6.09 Å². The first-order chi connectivity index (χ1) is 9.27. The van der Waals surface area contributed by atoms with Crippen LogP contribution < -0.4 is 4.74 Å². The third-order valence-electron chi connectivity index (χ3n) is 3.42. The highest BCUT2D eigenvalue weighted by atomic mass is 16.6. The van der Waals surface area contributed by atoms with E-state index in [1.807, 2.05) is 20.8 Å². The van der Waals surface area contributed by atoms with Crippen LogP contribution >= 0.6 is 0 Å². The Morgan fingerprint density at radius 3 is 2.75 bits per heavy atom. The molecule has 5 heteroatoms. The highest BCUT2D eigenvalue weighted by molar-refractivity contribution is 5.69. The molecule has 0 atom stereocenters. The largest absolute Gasteiger partial charge is 0.477 e. The summed E-state index contributed by atoms with van der Waals surface area (Å²) in [7, 11) is 0. The summed E-state index contributed by atoms with van der Waals surface area (Å²) in [6.45, 7) is 8.42. The van der Waals surface area contributed by atoms with Crippen LogP contribution in [0.2, 0.25) is 0 Å². The third kappa shape index (κ3) is 4.54. The molecule has 0 spiro atoms. The summed E-state index contributed by atoms with van der Waals surface area (Å²) in [6, 6.07) is 1.68. The number of aromatic nitrogens is 2. The Balaban J connectivity index is 1.75. The summed E-state index contributed by atoms with van der Waals surface area (Å²) in [6.07, 6.45) is 5.96. The van der Waals surface area contributed by atoms with Crippen LogP contribution in [0.15, 0.2) is 12.3 Å². The van der Waals surface area contributed by atoms with Gasteiger partial charge in [-0.25, -0.2) is 4.79 Å². The summed E-state index contributed by atoms with van der Waals surface area (Å²) >= 11 is 0. The number of carbonyl (C=O) groups is 1. The molecule has 1 heterocycles. The van der Waals surface area contributed by atoms with E-state index in [2.05, 4.69) is 12.0 Å². The molecule has 0 aliphatic heterocycles. The van der Waals surface area contributed by atoms with E-state index in [1.165, 1.54) is 23.9 Å². The first-order valence-corrected chi connectivity index (χ1v) is 7.19. The zero-order valence-corrected chi connectivity index (χ0v) is 12.8. The second kappa shape index (κ2) is 5.46. The normalized spacial score (nSPS) is 16.8. The lowest BCUT2D eigenvalue weighted by molar-refractivity contribution is 0.0511. The van der Waals surface area contributed by atoms with E-state index in [0.717, 1.165) is 6.42 Å². The molecule has 1 fully saturated rings. The number of nitrogens with zero attached hydrogens (tertiary/aromatic N) is 2. The summed E-state index contributed by atoms with van der Waals surface area (Å²) in [5, 5.41) is 4.06. The SMILES string of the molecule is CC1(CCCOc2ccn(C(=O)OC(C)(C)C)n2)CC1. The Hall–Kier alpha value is -1.52. The summed E-state index contributed by atoms with van der Waals surface area (Å²) in [5.41, 5.74) is 0.0308. The minimum Gasteiger partial charge on any atom is -0.477 e. The van der Waals surface area contributed by atoms with Gasteiger partial charge in [-0.3, -0.25) is 0 Å². The Morgan fingerprint density at radius 1 is 1.45 bits per heavy atom. The van der Waals surface area contributed by atoms with Gasteiger partial charge in [0.15, 0.2) is 0 Å². The van der Waals surface area contributed by atoms with Crippen molar-refractivity contribution < 1.29 is 14.3 Å². The standard InChI is InChI=1S/C15H24N2O3/c1-14(2,3)20-13(18)17-10-6-12(16-17)19-11-5-7-15(4)8-9-15/h6,10H,5,7-9,11H2,1-4H3. The molecule has 1 saturated carbocycles. The highest BCUT2D eigenvalue weighted by Crippen LogP contribution is 2.48. The van der Waals surface area contributed by atoms with Gasteiger partial charge in [0, 0.05) is 12.3 Å². The van der Waals surface area contributed by atoms with Crippen molar-refractivity contribution in [1.29, 1.82) is 0 Å². The first kappa shape index (κ1) is 14.9. The van der Waals surface area contributed by atoms with E-state index < -0.39 is 11.7 Å². The van der Waals surface area contributed by atoms with Gasteiger partial charge in [-0.2, -0.15) is 4.68 Å². The summed E-state index contributed by atoms with van der Waals surface area (Å²) in [4.78, 5) is 11.8. The van der Waals surface area contributed by atoms with Crippen molar-refractivity contribution in [3.05, 3.63) is 12.3 Å². The summed E-state index contributed by atoms with van der Waals surface area (Å²) < 4.78 is 11.9. The lowest BCUT2D eigenvalue weighted by Gasteiger charge is -2.18. The lowest BCUT2D eigenvalue weighted by atomic mass is 10.0. The van der Waals surface area contributed by atoms with E-state index in [0.29, 0.717) is 17.9 Å². The predicted molar refractivity (Wildman–Crippen MR) is 75.9 cm³/mol. The average molecular weight is 280 g/mol. The minimum absolute atomic E-state index is 0.469. The van der Waals surface area contributed by atoms with Crippen LogP contribution in [-0.2, 0) is 4.74 Å². The maximum atomic E-state index is 11.8. The van der Waals surface area contributed by atoms with Gasteiger partial charge in [-0.05, 0) is 51.9 Å². The molecule has 20 heavy (non-hydrogen) atoms. The molecule has 1 aliphatic carbocycles. The van der Waals surface area contributed by atoms with Crippen molar-refractivity contribution in [2.24, 2.45) is 5.41 Å². The quantitative estimate of drug-likeness (QED) is 0.773. The first-order valence-electron chi connectivity index (χ1n) is 7.19. The molecule has 2 rings (SSSR count). The van der Waals surface area contributed by atoms with Crippen molar-refractivity contribution in [3.63, 3.8) is 0 Å². The Labute approximate surface area is 120 Å². The third-order valence-corrected chi connectivity index (χ3v) is 3.42. The van der Waals surface area contributed by atoms with Crippen LogP contribution in [0.5, 0.6) is 5.88 Å². The fourth-order valence-electron chi connectivity index (χ4n) is 1.93. The molecule has 1 aromatic rings. The average Bonchev–Trinajstić information content (AvgIpc) is 2.89. The number of rotatable bonds is 5. The Kier molecular flexibility index (Phi) is 4.06. The van der Waals surface area contributed by atoms with Crippen molar-refractivity contribution in [3.8, 4) is 5.88 Å². The molecular weight excluding hydrogens is 256 g/mol. The number of hydrogen-bond acceptors (Lipinski definition) is 4. The molecule has 0 amide bonds. The van der Waals surface area contributed by atoms with Gasteiger partial charge in [0.25, 0.3) is 0 Å². The van der Waals surface area contributed by atoms with Gasteiger partial charge < -0.3 is 9.47 Å². The van der Waals surface area contributed by atoms with Crippen LogP contribution in [0, 0.1) is 5.41 Å². The minimum atomic E-state index is -0.524. The van der Waals surface area contributed by atoms with Gasteiger partial charge in [-0.15, -0.1) is 5.10 Å². The van der Waals surface area contributed by atoms with Gasteiger partial charge in [0.2, 0.25) is 5.88 Å². The molecular formula is C15H24N2O3. The van der Waals surface area contributed by atoms with E-state index in [9.17, 15) is 4.79 Å². The predicted octanol–water partition coefficient (Wildman–Crippen LogP) is 3.63. The topological polar surface area (TPSA) is 53.4 Å². The molecule has 0 saturated heterocycles. The van der Waals surface area contributed by atoms with Gasteiger partial charge in [-0.1, -0.05) is 6.92 Å². The van der Waals surface area contributed by atoms with Gasteiger partial charge in [0.05, 0.1) is 6.61 Å². The van der Waals surface area contributed by atoms with Crippen LogP contribution in [0.3, 0.4) is 0 Å². The Bertz CT molecular complexity index is 470. The monoisotopic (exact) mass is 280 g/mol. The fourth-order valence-corrected chi connectivity index (χ4v) is 1.93. The second-order valence-corrected chi connectivity index (χ2v) is 6.84. The Morgan fingerprint density at radius 2 is 2.15 bits per heavy atom. The zero-order valence-electron chi connectivity index (χ0n) is 12.8. The molecule has 0 radical (unpaired) electrons. The van der Waals surface area contributed by atoms with E-state index in [4.69, 9.17) is 9.47 Å². The molecule has 0 unspecified atom stereocenters. The van der Waals surface area contributed by atoms with Crippen molar-refractivity contribution in [2.45, 2.75) is 59.0 Å². The maximum absolute atomic E-state index is 11.8. The van der Waals surface area contributed by atoms with Crippen LogP contribution in [-0.4, -0.2) is 28.1 Å². The molecule has 112 valence electrons. The van der Waals surface area contributed by atoms with Crippen molar-refractivity contribution in [2.75, 3.05) is 6.61 Å². The van der Waals surface area contributed by atoms with Crippen LogP contribution in [0.1, 0.15) is 53.4 Å². The van der Waals surface area contributed by atoms with Gasteiger partial charge in [0.1, 0.15) is 5.60 Å². The zero-order chi connectivity index (χ0) is 14.8. The molecule has 0 aromatic carbocycles. The maximum Gasteiger partial charge on any atom is 0.435 e. The van der Waals surface area contributed by atoms with E-state index >= 15 is 0 Å². The fraction of sp³-hybridized carbons (Fsp3) is 0.733.